The average Bonchev–Trinajstić information content (AvgIpc) is 2.85. The molecule has 2 rings (SSSR count). The predicted molar refractivity (Wildman–Crippen MR) is 78.7 cm³/mol. The number of nitrogens with zero attached hydrogens (tertiary/aromatic N) is 1. The van der Waals surface area contributed by atoms with Crippen LogP contribution in [0.25, 0.3) is 11.3 Å². The van der Waals surface area contributed by atoms with Gasteiger partial charge in [-0.2, -0.15) is 0 Å². The van der Waals surface area contributed by atoms with Gasteiger partial charge in [0.05, 0.1) is 18.0 Å². The van der Waals surface area contributed by atoms with Gasteiger partial charge in [-0.25, -0.2) is 9.78 Å². The van der Waals surface area contributed by atoms with Crippen molar-refractivity contribution in [3.63, 3.8) is 0 Å². The summed E-state index contributed by atoms with van der Waals surface area (Å²) in [5.74, 6) is 0.294. The molecule has 4 nitrogen and oxygen atoms in total. The van der Waals surface area contributed by atoms with Gasteiger partial charge in [-0.3, -0.25) is 0 Å². The predicted octanol–water partition coefficient (Wildman–Crippen LogP) is 1.67. The summed E-state index contributed by atoms with van der Waals surface area (Å²) in [6, 6.07) is 7.32. The zero-order valence-electron chi connectivity index (χ0n) is 10.8. The van der Waals surface area contributed by atoms with Crippen molar-refractivity contribution in [2.75, 3.05) is 6.61 Å². The van der Waals surface area contributed by atoms with E-state index in [0.717, 1.165) is 16.9 Å². The number of ether oxygens (including phenoxy) is 1. The summed E-state index contributed by atoms with van der Waals surface area (Å²) in [5, 5.41) is 0.562. The lowest BCUT2D eigenvalue weighted by Crippen LogP contribution is -2.08. The van der Waals surface area contributed by atoms with Gasteiger partial charge in [-0.15, -0.1) is 0 Å². The van der Waals surface area contributed by atoms with Crippen molar-refractivity contribution in [1.29, 1.82) is 0 Å². The molecule has 0 saturated heterocycles. The van der Waals surface area contributed by atoms with E-state index in [-0.39, 0.29) is 0 Å². The van der Waals surface area contributed by atoms with E-state index in [9.17, 15) is 4.79 Å². The molecular formula is C13H13BBrNO3. The highest BCUT2D eigenvalue weighted by molar-refractivity contribution is 9.08. The van der Waals surface area contributed by atoms with Crippen LogP contribution in [0.4, 0.5) is 0 Å². The molecule has 0 bridgehead atoms. The van der Waals surface area contributed by atoms with E-state index in [1.165, 1.54) is 0 Å². The Labute approximate surface area is 120 Å². The monoisotopic (exact) mass is 321 g/mol. The average molecular weight is 322 g/mol. The molecule has 0 aliphatic rings. The minimum atomic E-state index is -0.421. The fourth-order valence-electron chi connectivity index (χ4n) is 1.70. The van der Waals surface area contributed by atoms with E-state index in [4.69, 9.17) is 9.15 Å². The third-order valence-electron chi connectivity index (χ3n) is 2.52. The third-order valence-corrected chi connectivity index (χ3v) is 3.10. The van der Waals surface area contributed by atoms with Crippen LogP contribution < -0.4 is 5.66 Å². The number of carbonyl (C=O) groups is 1. The lowest BCUT2D eigenvalue weighted by atomic mass is 10.1. The van der Waals surface area contributed by atoms with Crippen LogP contribution in [0.3, 0.4) is 0 Å². The largest absolute Gasteiger partial charge is 0.472 e. The van der Waals surface area contributed by atoms with Crippen LogP contribution in [0.5, 0.6) is 0 Å². The van der Waals surface area contributed by atoms with Crippen molar-refractivity contribution in [3.8, 4) is 11.3 Å². The Hall–Kier alpha value is -1.56. The highest BCUT2D eigenvalue weighted by Crippen LogP contribution is 2.22. The Morgan fingerprint density at radius 3 is 2.84 bits per heavy atom. The maximum Gasteiger partial charge on any atom is 0.356 e. The Morgan fingerprint density at radius 1 is 1.47 bits per heavy atom. The van der Waals surface area contributed by atoms with E-state index in [0.29, 0.717) is 23.4 Å². The second kappa shape index (κ2) is 6.06. The molecule has 0 spiro atoms. The summed E-state index contributed by atoms with van der Waals surface area (Å²) in [6.45, 7) is 2.09. The quantitative estimate of drug-likeness (QED) is 0.488. The first-order valence-corrected chi connectivity index (χ1v) is 7.07. The molecule has 0 atom stereocenters. The van der Waals surface area contributed by atoms with Crippen LogP contribution in [0.2, 0.25) is 0 Å². The molecule has 19 heavy (non-hydrogen) atoms. The van der Waals surface area contributed by atoms with E-state index in [2.05, 4.69) is 20.9 Å². The molecule has 98 valence electrons. The summed E-state index contributed by atoms with van der Waals surface area (Å²) in [7, 11) is 1.88. The normalized spacial score (nSPS) is 10.4. The zero-order chi connectivity index (χ0) is 13.8. The molecule has 2 heterocycles. The van der Waals surface area contributed by atoms with Crippen molar-refractivity contribution in [1.82, 2.24) is 4.98 Å². The minimum Gasteiger partial charge on any atom is -0.472 e. The summed E-state index contributed by atoms with van der Waals surface area (Å²) in [5.41, 5.74) is 2.70. The summed E-state index contributed by atoms with van der Waals surface area (Å²) >= 11 is 3.35. The summed E-state index contributed by atoms with van der Waals surface area (Å²) < 4.78 is 10.5. The number of rotatable bonds is 4. The summed E-state index contributed by atoms with van der Waals surface area (Å²) in [4.78, 5) is 16.0. The SMILES string of the molecule is Bc1ccc(-c2cc(CBr)nc(C(=O)OCC)c2)o1. The molecule has 0 amide bonds. The second-order valence-electron chi connectivity index (χ2n) is 4.00. The number of esters is 1. The van der Waals surface area contributed by atoms with Gasteiger partial charge < -0.3 is 9.15 Å². The number of hydrogen-bond donors (Lipinski definition) is 0. The van der Waals surface area contributed by atoms with Gasteiger partial charge in [0.2, 0.25) is 0 Å². The van der Waals surface area contributed by atoms with E-state index >= 15 is 0 Å². The van der Waals surface area contributed by atoms with Crippen molar-refractivity contribution < 1.29 is 13.9 Å². The number of aromatic nitrogens is 1. The van der Waals surface area contributed by atoms with Crippen LogP contribution in [-0.4, -0.2) is 25.4 Å². The molecule has 0 fully saturated rings. The van der Waals surface area contributed by atoms with E-state index in [1.807, 2.05) is 26.0 Å². The molecule has 0 aliphatic heterocycles. The molecule has 2 aromatic heterocycles. The van der Waals surface area contributed by atoms with E-state index < -0.39 is 5.97 Å². The number of carbonyl (C=O) groups excluding carboxylic acids is 1. The van der Waals surface area contributed by atoms with Crippen molar-refractivity contribution in [2.45, 2.75) is 12.3 Å². The highest BCUT2D eigenvalue weighted by Gasteiger charge is 2.13. The standard InChI is InChI=1S/C13H13BBrNO3/c1-2-18-13(17)10-6-8(5-9(7-15)16-10)11-3-4-12(14)19-11/h3-6H,2,7,14H2,1H3. The first-order chi connectivity index (χ1) is 9.13. The molecule has 0 aliphatic carbocycles. The highest BCUT2D eigenvalue weighted by atomic mass is 79.9. The molecule has 0 N–H and O–H groups in total. The molecule has 2 aromatic rings. The van der Waals surface area contributed by atoms with Crippen LogP contribution in [0, 0.1) is 0 Å². The molecule has 0 aromatic carbocycles. The van der Waals surface area contributed by atoms with Gasteiger partial charge in [0.1, 0.15) is 11.5 Å². The van der Waals surface area contributed by atoms with Crippen molar-refractivity contribution in [3.05, 3.63) is 35.7 Å². The second-order valence-corrected chi connectivity index (χ2v) is 4.56. The van der Waals surface area contributed by atoms with Gasteiger partial charge in [-0.05, 0) is 31.2 Å². The van der Waals surface area contributed by atoms with Gasteiger partial charge in [-0.1, -0.05) is 15.9 Å². The fraction of sp³-hybridized carbons (Fsp3) is 0.231. The molecule has 6 heteroatoms. The van der Waals surface area contributed by atoms with Crippen molar-refractivity contribution in [2.24, 2.45) is 0 Å². The van der Waals surface area contributed by atoms with Crippen LogP contribution in [-0.2, 0) is 10.1 Å². The maximum absolute atomic E-state index is 11.8. The van der Waals surface area contributed by atoms with Gasteiger partial charge >= 0.3 is 5.97 Å². The zero-order valence-corrected chi connectivity index (χ0v) is 12.4. The van der Waals surface area contributed by atoms with Gasteiger partial charge in [0.15, 0.2) is 7.85 Å². The minimum absolute atomic E-state index is 0.294. The molecular weight excluding hydrogens is 309 g/mol. The van der Waals surface area contributed by atoms with Crippen LogP contribution in [0.1, 0.15) is 23.1 Å². The summed E-state index contributed by atoms with van der Waals surface area (Å²) in [6.07, 6.45) is 0. The lowest BCUT2D eigenvalue weighted by Gasteiger charge is -2.06. The smallest absolute Gasteiger partial charge is 0.356 e. The Morgan fingerprint density at radius 2 is 2.26 bits per heavy atom. The molecule has 0 radical (unpaired) electrons. The first-order valence-electron chi connectivity index (χ1n) is 5.95. The molecule has 0 unspecified atom stereocenters. The Balaban J connectivity index is 2.44. The first kappa shape index (κ1) is 13.9. The van der Waals surface area contributed by atoms with Crippen LogP contribution in [0.15, 0.2) is 28.7 Å². The lowest BCUT2D eigenvalue weighted by molar-refractivity contribution is 0.0519. The number of halogens is 1. The Bertz CT molecular complexity index is 597. The topological polar surface area (TPSA) is 52.3 Å². The number of alkyl halides is 1. The van der Waals surface area contributed by atoms with Gasteiger partial charge in [0.25, 0.3) is 0 Å². The van der Waals surface area contributed by atoms with Crippen molar-refractivity contribution >= 4 is 35.4 Å². The van der Waals surface area contributed by atoms with E-state index in [1.54, 1.807) is 13.0 Å². The van der Waals surface area contributed by atoms with Gasteiger partial charge in [0, 0.05) is 10.9 Å². The third kappa shape index (κ3) is 3.26. The number of hydrogen-bond acceptors (Lipinski definition) is 4. The van der Waals surface area contributed by atoms with Crippen LogP contribution >= 0.6 is 15.9 Å². The Kier molecular flexibility index (Phi) is 4.42. The number of pyridine rings is 1. The molecule has 0 saturated carbocycles. The maximum atomic E-state index is 11.8. The fourth-order valence-corrected chi connectivity index (χ4v) is 1.98. The number of furan rings is 1.